The van der Waals surface area contributed by atoms with Crippen molar-refractivity contribution in [2.75, 3.05) is 21.5 Å². The fraction of sp³-hybridized carbons (Fsp3) is 0.263. The summed E-state index contributed by atoms with van der Waals surface area (Å²) in [7, 11) is -3.76. The summed E-state index contributed by atoms with van der Waals surface area (Å²) in [5.41, 5.74) is 2.75. The molecule has 0 fully saturated rings. The fourth-order valence-corrected chi connectivity index (χ4v) is 4.15. The van der Waals surface area contributed by atoms with Crippen LogP contribution in [-0.4, -0.2) is 26.8 Å². The quantitative estimate of drug-likeness (QED) is 0.825. The largest absolute Gasteiger partial charge is 0.326 e. The van der Waals surface area contributed by atoms with Crippen LogP contribution >= 0.6 is 0 Å². The Morgan fingerprint density at radius 1 is 1.07 bits per heavy atom. The van der Waals surface area contributed by atoms with Crippen molar-refractivity contribution in [2.24, 2.45) is 0 Å². The first-order chi connectivity index (χ1) is 12.8. The van der Waals surface area contributed by atoms with Gasteiger partial charge in [0.05, 0.1) is 4.90 Å². The smallest absolute Gasteiger partial charge is 0.261 e. The molecule has 3 rings (SSSR count). The van der Waals surface area contributed by atoms with E-state index in [1.807, 2.05) is 6.92 Å². The minimum Gasteiger partial charge on any atom is -0.326 e. The number of aryl methyl sites for hydroxylation is 1. The third-order valence-electron chi connectivity index (χ3n) is 4.33. The predicted molar refractivity (Wildman–Crippen MR) is 104 cm³/mol. The van der Waals surface area contributed by atoms with E-state index in [4.69, 9.17) is 0 Å². The molecular weight excluding hydrogens is 366 g/mol. The maximum Gasteiger partial charge on any atom is 0.261 e. The minimum absolute atomic E-state index is 0.0811. The molecular formula is C19H21N3O4S. The number of amides is 2. The van der Waals surface area contributed by atoms with Crippen LogP contribution in [0.25, 0.3) is 0 Å². The van der Waals surface area contributed by atoms with E-state index in [0.29, 0.717) is 30.8 Å². The van der Waals surface area contributed by atoms with Gasteiger partial charge in [0.15, 0.2) is 0 Å². The van der Waals surface area contributed by atoms with Gasteiger partial charge in [-0.15, -0.1) is 0 Å². The van der Waals surface area contributed by atoms with Crippen molar-refractivity contribution in [1.82, 2.24) is 0 Å². The van der Waals surface area contributed by atoms with Crippen molar-refractivity contribution in [1.29, 1.82) is 0 Å². The van der Waals surface area contributed by atoms with Gasteiger partial charge in [-0.25, -0.2) is 8.42 Å². The minimum atomic E-state index is -3.76. The standard InChI is InChI=1S/C19H21N3O4S/c1-3-22-18-10-7-16(12-14(18)4-11-19(22)24)21-27(25,26)17-8-5-15(6-9-17)20-13(2)23/h5-10,12,21H,3-4,11H2,1-2H3,(H,20,23). The summed E-state index contributed by atoms with van der Waals surface area (Å²) in [4.78, 5) is 24.8. The molecule has 7 nitrogen and oxygen atoms in total. The molecule has 2 N–H and O–H groups in total. The molecule has 1 aliphatic rings. The van der Waals surface area contributed by atoms with Gasteiger partial charge in [0.2, 0.25) is 11.8 Å². The zero-order chi connectivity index (χ0) is 19.6. The second-order valence-corrected chi connectivity index (χ2v) is 7.97. The van der Waals surface area contributed by atoms with Gasteiger partial charge in [0.25, 0.3) is 10.0 Å². The van der Waals surface area contributed by atoms with E-state index in [1.165, 1.54) is 31.2 Å². The van der Waals surface area contributed by atoms with E-state index >= 15 is 0 Å². The zero-order valence-electron chi connectivity index (χ0n) is 15.2. The molecule has 2 aromatic rings. The Kier molecular flexibility index (Phi) is 5.18. The van der Waals surface area contributed by atoms with Crippen molar-refractivity contribution in [3.63, 3.8) is 0 Å². The van der Waals surface area contributed by atoms with E-state index in [1.54, 1.807) is 23.1 Å². The molecule has 0 aliphatic carbocycles. The summed E-state index contributed by atoms with van der Waals surface area (Å²) in [5, 5.41) is 2.59. The Balaban J connectivity index is 1.82. The van der Waals surface area contributed by atoms with Crippen LogP contribution in [0.15, 0.2) is 47.4 Å². The van der Waals surface area contributed by atoms with Gasteiger partial charge in [0, 0.05) is 37.0 Å². The summed E-state index contributed by atoms with van der Waals surface area (Å²) >= 11 is 0. The van der Waals surface area contributed by atoms with Crippen molar-refractivity contribution in [3.8, 4) is 0 Å². The van der Waals surface area contributed by atoms with Crippen LogP contribution in [0.5, 0.6) is 0 Å². The Morgan fingerprint density at radius 2 is 1.74 bits per heavy atom. The van der Waals surface area contributed by atoms with Gasteiger partial charge in [0.1, 0.15) is 0 Å². The van der Waals surface area contributed by atoms with E-state index in [0.717, 1.165) is 11.3 Å². The average Bonchev–Trinajstić information content (AvgIpc) is 2.61. The summed E-state index contributed by atoms with van der Waals surface area (Å²) in [6, 6.07) is 11.1. The molecule has 0 aromatic heterocycles. The molecule has 0 unspecified atom stereocenters. The van der Waals surface area contributed by atoms with Crippen molar-refractivity contribution < 1.29 is 18.0 Å². The number of fused-ring (bicyclic) bond motifs is 1. The molecule has 0 bridgehead atoms. The molecule has 2 amide bonds. The van der Waals surface area contributed by atoms with Crippen LogP contribution in [0.1, 0.15) is 25.8 Å². The highest BCUT2D eigenvalue weighted by Crippen LogP contribution is 2.31. The fourth-order valence-electron chi connectivity index (χ4n) is 3.10. The molecule has 0 saturated heterocycles. The number of hydrogen-bond donors (Lipinski definition) is 2. The topological polar surface area (TPSA) is 95.6 Å². The first kappa shape index (κ1) is 18.9. The van der Waals surface area contributed by atoms with Crippen LogP contribution in [0, 0.1) is 0 Å². The maximum absolute atomic E-state index is 12.6. The lowest BCUT2D eigenvalue weighted by atomic mass is 10.0. The van der Waals surface area contributed by atoms with Crippen LogP contribution in [0.4, 0.5) is 17.1 Å². The van der Waals surface area contributed by atoms with Gasteiger partial charge in [-0.05, 0) is 61.4 Å². The number of carbonyl (C=O) groups is 2. The highest BCUT2D eigenvalue weighted by atomic mass is 32.2. The molecule has 0 saturated carbocycles. The summed E-state index contributed by atoms with van der Waals surface area (Å²) in [6.07, 6.45) is 1.01. The van der Waals surface area contributed by atoms with Gasteiger partial charge in [-0.3, -0.25) is 14.3 Å². The van der Waals surface area contributed by atoms with Crippen LogP contribution in [-0.2, 0) is 26.0 Å². The number of nitrogens with one attached hydrogen (secondary N) is 2. The molecule has 1 aliphatic heterocycles. The third kappa shape index (κ3) is 4.11. The first-order valence-electron chi connectivity index (χ1n) is 8.64. The Morgan fingerprint density at radius 3 is 2.37 bits per heavy atom. The number of anilines is 3. The number of nitrogens with zero attached hydrogens (tertiary/aromatic N) is 1. The van der Waals surface area contributed by atoms with E-state index in [-0.39, 0.29) is 16.7 Å². The SMILES string of the molecule is CCN1C(=O)CCc2cc(NS(=O)(=O)c3ccc(NC(C)=O)cc3)ccc21. The summed E-state index contributed by atoms with van der Waals surface area (Å²) < 4.78 is 27.8. The number of benzene rings is 2. The second kappa shape index (κ2) is 7.40. The second-order valence-electron chi connectivity index (χ2n) is 6.29. The van der Waals surface area contributed by atoms with Crippen LogP contribution < -0.4 is 14.9 Å². The normalized spacial score (nSPS) is 13.9. The highest BCUT2D eigenvalue weighted by Gasteiger charge is 2.23. The Hall–Kier alpha value is -2.87. The molecule has 142 valence electrons. The number of sulfonamides is 1. The molecule has 27 heavy (non-hydrogen) atoms. The summed E-state index contributed by atoms with van der Waals surface area (Å²) in [5.74, 6) is -0.144. The van der Waals surface area contributed by atoms with E-state index < -0.39 is 10.0 Å². The lowest BCUT2D eigenvalue weighted by molar-refractivity contribution is -0.119. The third-order valence-corrected chi connectivity index (χ3v) is 5.73. The van der Waals surface area contributed by atoms with Crippen LogP contribution in [0.3, 0.4) is 0 Å². The molecule has 2 aromatic carbocycles. The molecule has 0 radical (unpaired) electrons. The molecule has 0 spiro atoms. The monoisotopic (exact) mass is 387 g/mol. The van der Waals surface area contributed by atoms with Gasteiger partial charge < -0.3 is 10.2 Å². The van der Waals surface area contributed by atoms with Crippen molar-refractivity contribution >= 4 is 38.9 Å². The van der Waals surface area contributed by atoms with Gasteiger partial charge >= 0.3 is 0 Å². The number of rotatable bonds is 5. The van der Waals surface area contributed by atoms with E-state index in [9.17, 15) is 18.0 Å². The molecule has 8 heteroatoms. The number of carbonyl (C=O) groups excluding carboxylic acids is 2. The van der Waals surface area contributed by atoms with E-state index in [2.05, 4.69) is 10.0 Å². The lowest BCUT2D eigenvalue weighted by Crippen LogP contribution is -2.34. The van der Waals surface area contributed by atoms with Gasteiger partial charge in [-0.1, -0.05) is 0 Å². The predicted octanol–water partition coefficient (Wildman–Crippen LogP) is 2.74. The zero-order valence-corrected chi connectivity index (χ0v) is 16.0. The highest BCUT2D eigenvalue weighted by molar-refractivity contribution is 7.92. The number of hydrogen-bond acceptors (Lipinski definition) is 4. The van der Waals surface area contributed by atoms with Crippen molar-refractivity contribution in [2.45, 2.75) is 31.6 Å². The van der Waals surface area contributed by atoms with Crippen molar-refractivity contribution in [3.05, 3.63) is 48.0 Å². The Labute approximate surface area is 158 Å². The maximum atomic E-state index is 12.6. The molecule has 0 atom stereocenters. The van der Waals surface area contributed by atoms with Gasteiger partial charge in [-0.2, -0.15) is 0 Å². The molecule has 1 heterocycles. The lowest BCUT2D eigenvalue weighted by Gasteiger charge is -2.28. The average molecular weight is 387 g/mol. The van der Waals surface area contributed by atoms with Crippen LogP contribution in [0.2, 0.25) is 0 Å². The summed E-state index contributed by atoms with van der Waals surface area (Å²) in [6.45, 7) is 3.88. The first-order valence-corrected chi connectivity index (χ1v) is 10.1. The Bertz CT molecular complexity index is 985.